The molecule has 2 aromatic rings. The Morgan fingerprint density at radius 2 is 1.76 bits per heavy atom. The van der Waals surface area contributed by atoms with Gasteiger partial charge >= 0.3 is 0 Å². The molecule has 0 bridgehead atoms. The topological polar surface area (TPSA) is 54.2 Å². The molecule has 0 radical (unpaired) electrons. The van der Waals surface area contributed by atoms with E-state index in [1.54, 1.807) is 6.07 Å². The Bertz CT molecular complexity index is 491. The van der Waals surface area contributed by atoms with Crippen molar-refractivity contribution in [1.29, 1.82) is 0 Å². The third-order valence-electron chi connectivity index (χ3n) is 2.43. The summed E-state index contributed by atoms with van der Waals surface area (Å²) in [5, 5.41) is 3.20. The fraction of sp³-hybridized carbons (Fsp3) is 0.154. The van der Waals surface area contributed by atoms with Crippen molar-refractivity contribution in [2.24, 2.45) is 0 Å². The predicted molar refractivity (Wildman–Crippen MR) is 72.7 cm³/mol. The molecule has 4 nitrogen and oxygen atoms in total. The minimum absolute atomic E-state index is 0.514. The van der Waals surface area contributed by atoms with Gasteiger partial charge in [-0.1, -0.05) is 6.07 Å². The van der Waals surface area contributed by atoms with Gasteiger partial charge in [0.1, 0.15) is 11.6 Å². The number of aromatic nitrogens is 1. The maximum absolute atomic E-state index is 5.62. The summed E-state index contributed by atoms with van der Waals surface area (Å²) in [6.07, 6.45) is 0. The molecule has 3 N–H and O–H groups in total. The monoisotopic (exact) mass is 228 g/mol. The second-order valence-corrected chi connectivity index (χ2v) is 4.01. The van der Waals surface area contributed by atoms with Gasteiger partial charge in [-0.25, -0.2) is 4.98 Å². The van der Waals surface area contributed by atoms with Crippen LogP contribution in [-0.4, -0.2) is 19.1 Å². The number of hydrogen-bond acceptors (Lipinski definition) is 4. The smallest absolute Gasteiger partial charge is 0.132 e. The van der Waals surface area contributed by atoms with Crippen LogP contribution in [0.25, 0.3) is 0 Å². The number of rotatable bonds is 3. The van der Waals surface area contributed by atoms with Crippen molar-refractivity contribution in [3.05, 3.63) is 42.5 Å². The minimum Gasteiger partial charge on any atom is -0.384 e. The summed E-state index contributed by atoms with van der Waals surface area (Å²) < 4.78 is 0. The van der Waals surface area contributed by atoms with E-state index in [4.69, 9.17) is 5.73 Å². The van der Waals surface area contributed by atoms with Gasteiger partial charge in [-0.15, -0.1) is 0 Å². The van der Waals surface area contributed by atoms with Gasteiger partial charge in [0.2, 0.25) is 0 Å². The van der Waals surface area contributed by atoms with Crippen molar-refractivity contribution in [3.63, 3.8) is 0 Å². The fourth-order valence-electron chi connectivity index (χ4n) is 1.51. The highest BCUT2D eigenvalue weighted by molar-refractivity contribution is 5.61. The quantitative estimate of drug-likeness (QED) is 0.847. The van der Waals surface area contributed by atoms with E-state index in [9.17, 15) is 0 Å². The maximum atomic E-state index is 5.62. The predicted octanol–water partition coefficient (Wildman–Crippen LogP) is 2.47. The summed E-state index contributed by atoms with van der Waals surface area (Å²) in [5.41, 5.74) is 7.78. The fourth-order valence-corrected chi connectivity index (χ4v) is 1.51. The molecule has 0 atom stereocenters. The van der Waals surface area contributed by atoms with Gasteiger partial charge in [0.05, 0.1) is 0 Å². The zero-order valence-electron chi connectivity index (χ0n) is 10.0. The Kier molecular flexibility index (Phi) is 3.14. The first-order chi connectivity index (χ1) is 8.15. The molecule has 0 aliphatic carbocycles. The van der Waals surface area contributed by atoms with Gasteiger partial charge in [-0.2, -0.15) is 0 Å². The van der Waals surface area contributed by atoms with Gasteiger partial charge < -0.3 is 16.0 Å². The van der Waals surface area contributed by atoms with Crippen LogP contribution in [0.4, 0.5) is 23.0 Å². The average Bonchev–Trinajstić information content (AvgIpc) is 2.29. The Balaban J connectivity index is 2.14. The lowest BCUT2D eigenvalue weighted by Gasteiger charge is -2.13. The number of benzene rings is 1. The van der Waals surface area contributed by atoms with E-state index in [1.807, 2.05) is 38.4 Å². The first-order valence-corrected chi connectivity index (χ1v) is 5.42. The molecule has 17 heavy (non-hydrogen) atoms. The van der Waals surface area contributed by atoms with E-state index in [0.717, 1.165) is 17.2 Å². The Morgan fingerprint density at radius 3 is 2.35 bits per heavy atom. The Morgan fingerprint density at radius 1 is 1.06 bits per heavy atom. The lowest BCUT2D eigenvalue weighted by molar-refractivity contribution is 1.13. The molecular formula is C13H16N4. The van der Waals surface area contributed by atoms with Gasteiger partial charge in [0.25, 0.3) is 0 Å². The lowest BCUT2D eigenvalue weighted by Crippen LogP contribution is -2.08. The van der Waals surface area contributed by atoms with Crippen LogP contribution in [0.3, 0.4) is 0 Å². The molecule has 4 heteroatoms. The molecule has 0 unspecified atom stereocenters. The number of nitrogens with one attached hydrogen (secondary N) is 1. The molecule has 0 fully saturated rings. The van der Waals surface area contributed by atoms with Gasteiger partial charge in [0.15, 0.2) is 0 Å². The second-order valence-electron chi connectivity index (χ2n) is 4.01. The Hall–Kier alpha value is -2.23. The first kappa shape index (κ1) is 11.3. The number of nitrogens with zero attached hydrogens (tertiary/aromatic N) is 2. The standard InChI is InChI=1S/C13H16N4/c1-17(2)11-8-6-10(7-9-11)15-13-5-3-4-12(14)16-13/h3-9H,1-2H3,(H3,14,15,16). The minimum atomic E-state index is 0.514. The molecule has 0 aliphatic rings. The lowest BCUT2D eigenvalue weighted by atomic mass is 10.2. The average molecular weight is 228 g/mol. The van der Waals surface area contributed by atoms with Crippen molar-refractivity contribution in [2.45, 2.75) is 0 Å². The normalized spacial score (nSPS) is 10.0. The molecule has 0 saturated carbocycles. The van der Waals surface area contributed by atoms with E-state index >= 15 is 0 Å². The number of nitrogens with two attached hydrogens (primary N) is 1. The van der Waals surface area contributed by atoms with Crippen molar-refractivity contribution in [3.8, 4) is 0 Å². The van der Waals surface area contributed by atoms with Crippen LogP contribution < -0.4 is 16.0 Å². The molecule has 1 aromatic carbocycles. The molecule has 1 aromatic heterocycles. The summed E-state index contributed by atoms with van der Waals surface area (Å²) in [6.45, 7) is 0. The summed E-state index contributed by atoms with van der Waals surface area (Å²) in [6, 6.07) is 13.7. The summed E-state index contributed by atoms with van der Waals surface area (Å²) in [5.74, 6) is 1.27. The molecule has 0 saturated heterocycles. The third kappa shape index (κ3) is 2.87. The molecule has 88 valence electrons. The van der Waals surface area contributed by atoms with Crippen LogP contribution in [0.15, 0.2) is 42.5 Å². The van der Waals surface area contributed by atoms with Crippen LogP contribution in [-0.2, 0) is 0 Å². The van der Waals surface area contributed by atoms with Crippen LogP contribution >= 0.6 is 0 Å². The number of pyridine rings is 1. The van der Waals surface area contributed by atoms with Crippen LogP contribution in [0.5, 0.6) is 0 Å². The number of hydrogen-bond donors (Lipinski definition) is 2. The van der Waals surface area contributed by atoms with Crippen LogP contribution in [0, 0.1) is 0 Å². The van der Waals surface area contributed by atoms with Gasteiger partial charge in [0, 0.05) is 25.5 Å². The van der Waals surface area contributed by atoms with E-state index in [-0.39, 0.29) is 0 Å². The molecule has 0 aliphatic heterocycles. The zero-order valence-corrected chi connectivity index (χ0v) is 10.0. The SMILES string of the molecule is CN(C)c1ccc(Nc2cccc(N)n2)cc1. The molecule has 0 amide bonds. The third-order valence-corrected chi connectivity index (χ3v) is 2.43. The van der Waals surface area contributed by atoms with Crippen LogP contribution in [0.2, 0.25) is 0 Å². The van der Waals surface area contributed by atoms with Crippen molar-refractivity contribution >= 4 is 23.0 Å². The van der Waals surface area contributed by atoms with E-state index in [2.05, 4.69) is 27.3 Å². The van der Waals surface area contributed by atoms with Crippen molar-refractivity contribution < 1.29 is 0 Å². The highest BCUT2D eigenvalue weighted by Gasteiger charge is 1.98. The highest BCUT2D eigenvalue weighted by Crippen LogP contribution is 2.19. The first-order valence-electron chi connectivity index (χ1n) is 5.42. The number of nitrogen functional groups attached to an aromatic ring is 1. The highest BCUT2D eigenvalue weighted by atomic mass is 15.1. The molecular weight excluding hydrogens is 212 g/mol. The summed E-state index contributed by atoms with van der Waals surface area (Å²) in [4.78, 5) is 6.24. The maximum Gasteiger partial charge on any atom is 0.132 e. The van der Waals surface area contributed by atoms with E-state index < -0.39 is 0 Å². The zero-order chi connectivity index (χ0) is 12.3. The largest absolute Gasteiger partial charge is 0.384 e. The molecule has 0 spiro atoms. The summed E-state index contributed by atoms with van der Waals surface area (Å²) in [7, 11) is 4.03. The van der Waals surface area contributed by atoms with Gasteiger partial charge in [-0.3, -0.25) is 0 Å². The second kappa shape index (κ2) is 4.74. The van der Waals surface area contributed by atoms with E-state index in [0.29, 0.717) is 5.82 Å². The Labute approximate surface area is 101 Å². The van der Waals surface area contributed by atoms with Gasteiger partial charge in [-0.05, 0) is 36.4 Å². The molecule has 2 rings (SSSR count). The molecule has 1 heterocycles. The van der Waals surface area contributed by atoms with Crippen LogP contribution in [0.1, 0.15) is 0 Å². The summed E-state index contributed by atoms with van der Waals surface area (Å²) >= 11 is 0. The van der Waals surface area contributed by atoms with E-state index in [1.165, 1.54) is 0 Å². The van der Waals surface area contributed by atoms with Crippen molar-refractivity contribution in [2.75, 3.05) is 30.0 Å². The number of anilines is 4. The van der Waals surface area contributed by atoms with Crippen molar-refractivity contribution in [1.82, 2.24) is 4.98 Å².